The first-order chi connectivity index (χ1) is 6.74. The van der Waals surface area contributed by atoms with E-state index in [1.807, 2.05) is 6.07 Å². The molecule has 2 aromatic rings. The van der Waals surface area contributed by atoms with E-state index in [4.69, 9.17) is 5.84 Å². The molecule has 0 spiro atoms. The highest BCUT2D eigenvalue weighted by atomic mass is 35.5. The maximum Gasteiger partial charge on any atom is 0.262 e. The topological polar surface area (TPSA) is 72.9 Å². The monoisotopic (exact) mass is 226 g/mol. The van der Waals surface area contributed by atoms with Crippen molar-refractivity contribution in [3.8, 4) is 0 Å². The van der Waals surface area contributed by atoms with Gasteiger partial charge in [0.2, 0.25) is 5.95 Å². The van der Waals surface area contributed by atoms with Crippen molar-refractivity contribution in [2.45, 2.75) is 0 Å². The highest BCUT2D eigenvalue weighted by molar-refractivity contribution is 5.85. The number of para-hydroxylation sites is 1. The number of hydrogen-bond donors (Lipinski definition) is 2. The minimum absolute atomic E-state index is 0. The van der Waals surface area contributed by atoms with Crippen LogP contribution >= 0.6 is 12.4 Å². The molecular weight excluding hydrogens is 216 g/mol. The van der Waals surface area contributed by atoms with E-state index >= 15 is 0 Å². The Morgan fingerprint density at radius 2 is 2.07 bits per heavy atom. The van der Waals surface area contributed by atoms with Crippen molar-refractivity contribution in [1.29, 1.82) is 0 Å². The largest absolute Gasteiger partial charge is 0.294 e. The van der Waals surface area contributed by atoms with Crippen LogP contribution in [-0.2, 0) is 7.05 Å². The maximum atomic E-state index is 11.7. The molecule has 0 aliphatic carbocycles. The predicted molar refractivity (Wildman–Crippen MR) is 62.0 cm³/mol. The van der Waals surface area contributed by atoms with Crippen molar-refractivity contribution < 1.29 is 0 Å². The van der Waals surface area contributed by atoms with Crippen molar-refractivity contribution in [3.05, 3.63) is 34.6 Å². The summed E-state index contributed by atoms with van der Waals surface area (Å²) in [7, 11) is 1.62. The number of rotatable bonds is 1. The number of aromatic nitrogens is 2. The molecule has 1 aromatic heterocycles. The number of hydrogen-bond acceptors (Lipinski definition) is 4. The van der Waals surface area contributed by atoms with Gasteiger partial charge in [-0.05, 0) is 12.1 Å². The highest BCUT2D eigenvalue weighted by Gasteiger charge is 2.05. The second kappa shape index (κ2) is 4.29. The maximum absolute atomic E-state index is 11.7. The van der Waals surface area contributed by atoms with Crippen LogP contribution in [0.3, 0.4) is 0 Å². The minimum atomic E-state index is -0.108. The lowest BCUT2D eigenvalue weighted by molar-refractivity contribution is 0.845. The molecule has 0 atom stereocenters. The molecule has 2 rings (SSSR count). The van der Waals surface area contributed by atoms with Crippen LogP contribution in [0.5, 0.6) is 0 Å². The summed E-state index contributed by atoms with van der Waals surface area (Å²) in [5.74, 6) is 5.59. The summed E-state index contributed by atoms with van der Waals surface area (Å²) in [6, 6.07) is 7.15. The molecule has 0 fully saturated rings. The smallest absolute Gasteiger partial charge is 0.262 e. The summed E-state index contributed by atoms with van der Waals surface area (Å²) >= 11 is 0. The average Bonchev–Trinajstić information content (AvgIpc) is 2.23. The first-order valence-electron chi connectivity index (χ1n) is 4.16. The van der Waals surface area contributed by atoms with Gasteiger partial charge in [-0.1, -0.05) is 12.1 Å². The zero-order chi connectivity index (χ0) is 10.1. The van der Waals surface area contributed by atoms with E-state index in [1.54, 1.807) is 25.2 Å². The molecule has 15 heavy (non-hydrogen) atoms. The second-order valence-corrected chi connectivity index (χ2v) is 2.96. The van der Waals surface area contributed by atoms with E-state index < -0.39 is 0 Å². The summed E-state index contributed by atoms with van der Waals surface area (Å²) in [5, 5.41) is 0.592. The molecule has 1 aromatic carbocycles. The van der Waals surface area contributed by atoms with Crippen LogP contribution < -0.4 is 16.8 Å². The molecule has 1 heterocycles. The fourth-order valence-corrected chi connectivity index (χ4v) is 1.35. The van der Waals surface area contributed by atoms with Gasteiger partial charge in [0.15, 0.2) is 0 Å². The Kier molecular flexibility index (Phi) is 3.28. The number of nitrogens with two attached hydrogens (primary N) is 1. The number of hydrazine groups is 1. The minimum Gasteiger partial charge on any atom is -0.294 e. The van der Waals surface area contributed by atoms with Crippen molar-refractivity contribution in [1.82, 2.24) is 9.55 Å². The Bertz CT molecular complexity index is 537. The fourth-order valence-electron chi connectivity index (χ4n) is 1.35. The second-order valence-electron chi connectivity index (χ2n) is 2.96. The van der Waals surface area contributed by atoms with Crippen LogP contribution in [0.4, 0.5) is 5.95 Å². The van der Waals surface area contributed by atoms with Gasteiger partial charge < -0.3 is 0 Å². The average molecular weight is 227 g/mol. The molecule has 5 nitrogen and oxygen atoms in total. The van der Waals surface area contributed by atoms with E-state index in [2.05, 4.69) is 10.4 Å². The number of nitrogen functional groups attached to an aromatic ring is 1. The summed E-state index contributed by atoms with van der Waals surface area (Å²) in [5.41, 5.74) is 2.91. The Morgan fingerprint density at radius 3 is 2.73 bits per heavy atom. The Morgan fingerprint density at radius 1 is 1.40 bits per heavy atom. The number of nitrogens with zero attached hydrogens (tertiary/aromatic N) is 2. The molecule has 0 radical (unpaired) electrons. The van der Waals surface area contributed by atoms with Gasteiger partial charge in [-0.25, -0.2) is 10.8 Å². The molecule has 0 aliphatic heterocycles. The van der Waals surface area contributed by atoms with Crippen LogP contribution in [0.25, 0.3) is 10.9 Å². The molecule has 0 unspecified atom stereocenters. The molecule has 80 valence electrons. The summed E-state index contributed by atoms with van der Waals surface area (Å²) in [6.45, 7) is 0. The molecule has 0 saturated heterocycles. The van der Waals surface area contributed by atoms with Gasteiger partial charge in [0.1, 0.15) is 0 Å². The summed E-state index contributed by atoms with van der Waals surface area (Å²) in [4.78, 5) is 15.9. The molecule has 3 N–H and O–H groups in total. The third-order valence-electron chi connectivity index (χ3n) is 2.11. The predicted octanol–water partition coefficient (Wildman–Crippen LogP) is 0.641. The standard InChI is InChI=1S/C9H10N4O.ClH/c1-13-8(14)6-4-2-3-5-7(6)11-9(13)12-10;/h2-5H,10H2,1H3,(H,11,12);1H. The van der Waals surface area contributed by atoms with E-state index in [0.29, 0.717) is 16.9 Å². The van der Waals surface area contributed by atoms with Gasteiger partial charge in [0, 0.05) is 7.05 Å². The van der Waals surface area contributed by atoms with Crippen molar-refractivity contribution >= 4 is 29.3 Å². The third kappa shape index (κ3) is 1.79. The van der Waals surface area contributed by atoms with Gasteiger partial charge >= 0.3 is 0 Å². The lowest BCUT2D eigenvalue weighted by Gasteiger charge is -2.06. The van der Waals surface area contributed by atoms with E-state index in [-0.39, 0.29) is 18.0 Å². The first kappa shape index (κ1) is 11.5. The van der Waals surface area contributed by atoms with Gasteiger partial charge in [-0.3, -0.25) is 14.8 Å². The summed E-state index contributed by atoms with van der Waals surface area (Å²) < 4.78 is 1.38. The number of halogens is 1. The van der Waals surface area contributed by atoms with Crippen molar-refractivity contribution in [2.24, 2.45) is 12.9 Å². The quantitative estimate of drug-likeness (QED) is 0.553. The Hall–Kier alpha value is -1.59. The van der Waals surface area contributed by atoms with Gasteiger partial charge in [-0.2, -0.15) is 0 Å². The van der Waals surface area contributed by atoms with Crippen molar-refractivity contribution in [2.75, 3.05) is 5.43 Å². The van der Waals surface area contributed by atoms with Gasteiger partial charge in [-0.15, -0.1) is 12.4 Å². The molecule has 0 aliphatic rings. The number of nitrogens with one attached hydrogen (secondary N) is 1. The summed E-state index contributed by atoms with van der Waals surface area (Å²) in [6.07, 6.45) is 0. The fraction of sp³-hybridized carbons (Fsp3) is 0.111. The molecule has 6 heteroatoms. The van der Waals surface area contributed by atoms with Crippen LogP contribution in [0.15, 0.2) is 29.1 Å². The van der Waals surface area contributed by atoms with E-state index in [1.165, 1.54) is 4.57 Å². The van der Waals surface area contributed by atoms with Crippen molar-refractivity contribution in [3.63, 3.8) is 0 Å². The third-order valence-corrected chi connectivity index (χ3v) is 2.11. The number of anilines is 1. The molecule has 0 saturated carbocycles. The van der Waals surface area contributed by atoms with E-state index in [0.717, 1.165) is 0 Å². The number of fused-ring (bicyclic) bond motifs is 1. The van der Waals surface area contributed by atoms with Crippen LogP contribution in [-0.4, -0.2) is 9.55 Å². The van der Waals surface area contributed by atoms with E-state index in [9.17, 15) is 4.79 Å². The SMILES string of the molecule is Cl.Cn1c(NN)nc2ccccc2c1=O. The number of benzene rings is 1. The van der Waals surface area contributed by atoms with Crippen LogP contribution in [0.1, 0.15) is 0 Å². The molecule has 0 amide bonds. The lowest BCUT2D eigenvalue weighted by atomic mass is 10.2. The van der Waals surface area contributed by atoms with Crippen LogP contribution in [0, 0.1) is 0 Å². The Balaban J connectivity index is 0.00000112. The molecular formula is C9H11ClN4O. The van der Waals surface area contributed by atoms with Crippen LogP contribution in [0.2, 0.25) is 0 Å². The lowest BCUT2D eigenvalue weighted by Crippen LogP contribution is -2.24. The normalized spacial score (nSPS) is 9.73. The molecule has 0 bridgehead atoms. The zero-order valence-corrected chi connectivity index (χ0v) is 8.91. The Labute approximate surface area is 92.3 Å². The first-order valence-corrected chi connectivity index (χ1v) is 4.16. The highest BCUT2D eigenvalue weighted by Crippen LogP contribution is 2.08. The van der Waals surface area contributed by atoms with Gasteiger partial charge in [0.05, 0.1) is 10.9 Å². The zero-order valence-electron chi connectivity index (χ0n) is 8.10. The van der Waals surface area contributed by atoms with Gasteiger partial charge in [0.25, 0.3) is 5.56 Å².